The van der Waals surface area contributed by atoms with Crippen LogP contribution in [0.1, 0.15) is 0 Å². The van der Waals surface area contributed by atoms with Crippen LogP contribution in [0.15, 0.2) is 0 Å². The van der Waals surface area contributed by atoms with Crippen LogP contribution in [0.4, 0.5) is 0 Å². The van der Waals surface area contributed by atoms with Crippen molar-refractivity contribution in [2.24, 2.45) is 0 Å². The Bertz CT molecular complexity index is 532. The van der Waals surface area contributed by atoms with Gasteiger partial charge in [-0.2, -0.15) is 0 Å². The van der Waals surface area contributed by atoms with Crippen molar-refractivity contribution in [3.63, 3.8) is 0 Å². The van der Waals surface area contributed by atoms with Gasteiger partial charge in [0.25, 0.3) is 0 Å². The normalized spacial score (nSPS) is 9.00. The van der Waals surface area contributed by atoms with Crippen molar-refractivity contribution in [2.75, 3.05) is 0 Å². The van der Waals surface area contributed by atoms with Gasteiger partial charge in [0.1, 0.15) is 0 Å². The molecule has 0 unspecified atom stereocenters. The van der Waals surface area contributed by atoms with Crippen molar-refractivity contribution < 1.29 is 142 Å². The molecule has 0 aromatic carbocycles. The molecule has 9 N–H and O–H groups in total. The van der Waals surface area contributed by atoms with E-state index in [1.54, 1.807) is 0 Å². The third-order valence-electron chi connectivity index (χ3n) is 0. The van der Waals surface area contributed by atoms with Crippen molar-refractivity contribution in [2.45, 2.75) is 0 Å². The van der Waals surface area contributed by atoms with E-state index in [9.17, 15) is 0 Å². The van der Waals surface area contributed by atoms with Gasteiger partial charge in [0.15, 0.2) is 0 Å². The zero-order valence-corrected chi connectivity index (χ0v) is 26.9. The molecular weight excluding hydrogens is 1190 g/mol. The van der Waals surface area contributed by atoms with Crippen LogP contribution >= 0.6 is 23.5 Å². The molecule has 0 atom stereocenters. The monoisotopic (exact) mass is 1200 g/mol. The Morgan fingerprint density at radius 3 is 0.429 bits per heavy atom. The van der Waals surface area contributed by atoms with Gasteiger partial charge >= 0.3 is 134 Å². The summed E-state index contributed by atoms with van der Waals surface area (Å²) in [5.74, 6) is 0. The molecule has 2 radical (unpaired) electrons. The molecule has 0 amide bonds. The van der Waals surface area contributed by atoms with Crippen LogP contribution in [0.2, 0.25) is 0 Å². The van der Waals surface area contributed by atoms with Gasteiger partial charge in [0.05, 0.1) is 0 Å². The zero-order chi connectivity index (χ0) is 24.2. The number of rotatable bonds is 0. The fraction of sp³-hybridized carbons (Fsp3) is 0. The van der Waals surface area contributed by atoms with E-state index < -0.39 is 76.3 Å². The van der Waals surface area contributed by atoms with E-state index in [-0.39, 0.29) is 26.2 Å². The third kappa shape index (κ3) is 5300. The Kier molecular flexibility index (Phi) is 45.9. The molecule has 0 spiro atoms. The molecule has 0 aliphatic heterocycles. The molecule has 173 valence electrons. The second-order valence-electron chi connectivity index (χ2n) is 2.15. The molecular formula is H9BiO21P3W3. The minimum absolute atomic E-state index is 0. The molecule has 0 heterocycles. The van der Waals surface area contributed by atoms with Crippen LogP contribution in [-0.4, -0.2) is 70.2 Å². The van der Waals surface area contributed by atoms with Gasteiger partial charge in [-0.1, -0.05) is 0 Å². The van der Waals surface area contributed by atoms with Crippen LogP contribution in [0.5, 0.6) is 0 Å². The summed E-state index contributed by atoms with van der Waals surface area (Å²) in [6, 6.07) is 0. The van der Waals surface area contributed by atoms with Gasteiger partial charge in [0.2, 0.25) is 0 Å². The summed E-state index contributed by atoms with van der Waals surface area (Å²) >= 11 is -12.8. The Morgan fingerprint density at radius 2 is 0.429 bits per heavy atom. The molecule has 0 aliphatic rings. The van der Waals surface area contributed by atoms with E-state index >= 15 is 0 Å². The van der Waals surface area contributed by atoms with E-state index in [0.29, 0.717) is 0 Å². The van der Waals surface area contributed by atoms with Gasteiger partial charge in [-0.3, -0.25) is 0 Å². The first-order valence-electron chi connectivity index (χ1n) is 3.85. The van der Waals surface area contributed by atoms with Crippen molar-refractivity contribution in [3.05, 3.63) is 0 Å². The Labute approximate surface area is 190 Å². The average molecular weight is 1200 g/mol. The molecule has 0 saturated carbocycles. The molecule has 0 fully saturated rings. The van der Waals surface area contributed by atoms with Crippen molar-refractivity contribution in [1.82, 2.24) is 0 Å². The van der Waals surface area contributed by atoms with Gasteiger partial charge in [-0.05, 0) is 0 Å². The van der Waals surface area contributed by atoms with Gasteiger partial charge in [-0.15, -0.1) is 0 Å². The fourth-order valence-corrected chi connectivity index (χ4v) is 0. The summed E-state index contributed by atoms with van der Waals surface area (Å²) in [6.07, 6.45) is 0. The predicted octanol–water partition coefficient (Wildman–Crippen LogP) is -7.45. The molecule has 0 saturated heterocycles. The van der Waals surface area contributed by atoms with E-state index in [1.165, 1.54) is 0 Å². The molecule has 21 nitrogen and oxygen atoms in total. The fourth-order valence-electron chi connectivity index (χ4n) is 0. The Hall–Kier alpha value is 1.96. The average Bonchev–Trinajstić information content (AvgIpc) is 2.01. The summed E-state index contributed by atoms with van der Waals surface area (Å²) in [5, 5.41) is 0. The maximum absolute atomic E-state index is 8.88. The standard InChI is InChI=1S/Bi.3H3O4P.9O.3W/c;3*1-5(2,3)4;;;;;;;;;;;;/h;3*(H3,1,2,3,4);;;;;;;;;;;;/q+3;;;;;;;;;;3*-1;;;. The molecule has 0 rings (SSSR count). The predicted molar refractivity (Wildman–Crippen MR) is 52.7 cm³/mol. The summed E-state index contributed by atoms with van der Waals surface area (Å²) < 4.78 is 104. The second-order valence-corrected chi connectivity index (χ2v) is 9.63. The van der Waals surface area contributed by atoms with Crippen LogP contribution in [0.3, 0.4) is 0 Å². The van der Waals surface area contributed by atoms with Crippen LogP contribution in [0, 0.1) is 0 Å². The van der Waals surface area contributed by atoms with Gasteiger partial charge in [-0.25, -0.2) is 13.7 Å². The number of phosphoric acid groups is 3. The molecule has 28 heavy (non-hydrogen) atoms. The van der Waals surface area contributed by atoms with Crippen molar-refractivity contribution in [1.29, 1.82) is 0 Å². The minimum atomic E-state index is -4.64. The van der Waals surface area contributed by atoms with E-state index in [1.807, 2.05) is 0 Å². The third-order valence-corrected chi connectivity index (χ3v) is 0. The van der Waals surface area contributed by atoms with Crippen LogP contribution < -0.4 is 11.3 Å². The molecule has 0 bridgehead atoms. The number of hydrogen-bond donors (Lipinski definition) is 9. The van der Waals surface area contributed by atoms with Gasteiger partial charge < -0.3 is 44.0 Å². The quantitative estimate of drug-likeness (QED) is 0.0804. The van der Waals surface area contributed by atoms with E-state index in [0.717, 1.165) is 0 Å². The first kappa shape index (κ1) is 47.7. The van der Waals surface area contributed by atoms with E-state index in [4.69, 9.17) is 89.4 Å². The summed E-state index contributed by atoms with van der Waals surface area (Å²) in [4.78, 5) is 64.7. The van der Waals surface area contributed by atoms with Crippen molar-refractivity contribution in [3.8, 4) is 0 Å². The van der Waals surface area contributed by atoms with E-state index in [2.05, 4.69) is 0 Å². The Morgan fingerprint density at radius 1 is 0.429 bits per heavy atom. The first-order valence-corrected chi connectivity index (χ1v) is 19.3. The maximum atomic E-state index is 8.88. The summed E-state index contributed by atoms with van der Waals surface area (Å²) in [6.45, 7) is 0. The molecule has 0 aromatic heterocycles. The molecule has 0 aromatic rings. The molecule has 0 aliphatic carbocycles. The summed E-state index contributed by atoms with van der Waals surface area (Å²) in [7, 11) is -13.9. The molecule has 28 heteroatoms. The Balaban J connectivity index is -0.0000000377. The van der Waals surface area contributed by atoms with Crippen molar-refractivity contribution >= 4 is 49.7 Å². The second kappa shape index (κ2) is 27.0. The zero-order valence-electron chi connectivity index (χ0n) is 11.9. The summed E-state index contributed by atoms with van der Waals surface area (Å²) in [5.41, 5.74) is 0. The van der Waals surface area contributed by atoms with Crippen LogP contribution in [-0.2, 0) is 86.9 Å². The number of hydrogen-bond acceptors (Lipinski definition) is 12. The SMILES string of the molecule is O=P(O)(O)O.O=P(O)(O)O.O=P(O)(O)O.[Bi+3].[O]=[W](=[O])[O-].[O]=[W](=[O])[O-].[O]=[W](=[O])[O-]. The topological polar surface area (TPSA) is 405 Å². The first-order chi connectivity index (χ1) is 11.2. The van der Waals surface area contributed by atoms with Crippen LogP contribution in [0.25, 0.3) is 0 Å². The van der Waals surface area contributed by atoms with Gasteiger partial charge in [0, 0.05) is 0 Å².